The molecule has 1 N–H and O–H groups in total. The number of allylic oxidation sites excluding steroid dienone is 1. The van der Waals surface area contributed by atoms with Crippen molar-refractivity contribution in [1.29, 1.82) is 0 Å². The Morgan fingerprint density at radius 2 is 1.94 bits per heavy atom. The van der Waals surface area contributed by atoms with Crippen molar-refractivity contribution in [2.75, 3.05) is 0 Å². The van der Waals surface area contributed by atoms with Crippen LogP contribution in [0.15, 0.2) is 51.6 Å². The maximum Gasteiger partial charge on any atom is 0.338 e. The molecule has 2 atom stereocenters. The SMILES string of the molecule is CCC(C)NC(=O)CC1=CSC2=NC(C)=C(C(=O)OC(C)C)C(c3ccccc3C)N12. The lowest BCUT2D eigenvalue weighted by molar-refractivity contribution is -0.143. The van der Waals surface area contributed by atoms with Crippen molar-refractivity contribution in [2.24, 2.45) is 4.99 Å². The van der Waals surface area contributed by atoms with Crippen LogP contribution in [-0.2, 0) is 14.3 Å². The molecule has 2 aliphatic rings. The average Bonchev–Trinajstić information content (AvgIpc) is 3.08. The number of aryl methyl sites for hydroxylation is 1. The molecule has 0 spiro atoms. The zero-order valence-electron chi connectivity index (χ0n) is 19.1. The number of amidine groups is 1. The minimum atomic E-state index is -0.391. The van der Waals surface area contributed by atoms with Gasteiger partial charge >= 0.3 is 5.97 Å². The summed E-state index contributed by atoms with van der Waals surface area (Å²) < 4.78 is 5.59. The summed E-state index contributed by atoms with van der Waals surface area (Å²) in [5.41, 5.74) is 4.07. The summed E-state index contributed by atoms with van der Waals surface area (Å²) in [6, 6.07) is 7.73. The number of fused-ring (bicyclic) bond motifs is 1. The van der Waals surface area contributed by atoms with Gasteiger partial charge < -0.3 is 15.0 Å². The molecule has 0 fully saturated rings. The van der Waals surface area contributed by atoms with E-state index in [1.54, 1.807) is 0 Å². The number of hydrogen-bond donors (Lipinski definition) is 1. The number of rotatable bonds is 7. The Bertz CT molecular complexity index is 965. The molecular weight excluding hydrogens is 410 g/mol. The molecule has 0 saturated carbocycles. The van der Waals surface area contributed by atoms with Gasteiger partial charge in [0.2, 0.25) is 5.91 Å². The molecule has 0 bridgehead atoms. The molecule has 0 radical (unpaired) electrons. The van der Waals surface area contributed by atoms with Gasteiger partial charge in [-0.15, -0.1) is 0 Å². The van der Waals surface area contributed by atoms with Crippen LogP contribution in [0.25, 0.3) is 0 Å². The van der Waals surface area contributed by atoms with E-state index < -0.39 is 6.04 Å². The maximum atomic E-state index is 13.1. The Morgan fingerprint density at radius 1 is 1.23 bits per heavy atom. The van der Waals surface area contributed by atoms with Crippen LogP contribution in [-0.4, -0.2) is 34.1 Å². The van der Waals surface area contributed by atoms with Gasteiger partial charge in [-0.25, -0.2) is 9.79 Å². The Hall–Kier alpha value is -2.54. The van der Waals surface area contributed by atoms with E-state index in [1.807, 2.05) is 76.1 Å². The van der Waals surface area contributed by atoms with Gasteiger partial charge in [0, 0.05) is 11.7 Å². The minimum absolute atomic E-state index is 0.0384. The molecule has 2 heterocycles. The molecule has 7 heteroatoms. The summed E-state index contributed by atoms with van der Waals surface area (Å²) in [7, 11) is 0. The maximum absolute atomic E-state index is 13.1. The first-order valence-electron chi connectivity index (χ1n) is 10.7. The third kappa shape index (κ3) is 5.03. The first-order chi connectivity index (χ1) is 14.7. The summed E-state index contributed by atoms with van der Waals surface area (Å²) in [5, 5.41) is 5.77. The Morgan fingerprint density at radius 3 is 2.58 bits per heavy atom. The van der Waals surface area contributed by atoms with Gasteiger partial charge in [-0.1, -0.05) is 43.0 Å². The zero-order valence-corrected chi connectivity index (χ0v) is 19.9. The molecule has 166 valence electrons. The molecule has 1 amide bonds. The molecule has 2 unspecified atom stereocenters. The van der Waals surface area contributed by atoms with Crippen LogP contribution in [0, 0.1) is 6.92 Å². The van der Waals surface area contributed by atoms with E-state index in [1.165, 1.54) is 11.8 Å². The van der Waals surface area contributed by atoms with Crippen molar-refractivity contribution >= 4 is 28.8 Å². The second kappa shape index (κ2) is 9.73. The molecule has 6 nitrogen and oxygen atoms in total. The largest absolute Gasteiger partial charge is 0.459 e. The molecule has 31 heavy (non-hydrogen) atoms. The number of aliphatic imine (C=N–C) groups is 1. The van der Waals surface area contributed by atoms with Crippen LogP contribution in [0.2, 0.25) is 0 Å². The predicted molar refractivity (Wildman–Crippen MR) is 125 cm³/mol. The van der Waals surface area contributed by atoms with Crippen molar-refractivity contribution in [1.82, 2.24) is 10.2 Å². The van der Waals surface area contributed by atoms with E-state index in [-0.39, 0.29) is 30.4 Å². The summed E-state index contributed by atoms with van der Waals surface area (Å²) in [6.07, 6.45) is 0.860. The third-order valence-electron chi connectivity index (χ3n) is 5.41. The van der Waals surface area contributed by atoms with Crippen molar-refractivity contribution < 1.29 is 14.3 Å². The second-order valence-electron chi connectivity index (χ2n) is 8.26. The molecule has 2 aliphatic heterocycles. The highest BCUT2D eigenvalue weighted by Crippen LogP contribution is 2.45. The van der Waals surface area contributed by atoms with Crippen molar-refractivity contribution in [2.45, 2.75) is 72.6 Å². The fourth-order valence-corrected chi connectivity index (χ4v) is 4.65. The first-order valence-corrected chi connectivity index (χ1v) is 11.6. The summed E-state index contributed by atoms with van der Waals surface area (Å²) in [4.78, 5) is 32.5. The highest BCUT2D eigenvalue weighted by Gasteiger charge is 2.41. The Kier molecular flexibility index (Phi) is 7.26. The summed E-state index contributed by atoms with van der Waals surface area (Å²) in [5.74, 6) is -0.410. The van der Waals surface area contributed by atoms with Gasteiger partial charge in [-0.3, -0.25) is 4.79 Å². The number of nitrogens with zero attached hydrogens (tertiary/aromatic N) is 2. The van der Waals surface area contributed by atoms with Crippen LogP contribution >= 0.6 is 11.8 Å². The summed E-state index contributed by atoms with van der Waals surface area (Å²) >= 11 is 1.48. The van der Waals surface area contributed by atoms with Crippen molar-refractivity contribution in [3.05, 3.63) is 57.8 Å². The van der Waals surface area contributed by atoms with Gasteiger partial charge in [0.05, 0.1) is 29.8 Å². The van der Waals surface area contributed by atoms with E-state index in [2.05, 4.69) is 5.32 Å². The van der Waals surface area contributed by atoms with E-state index in [9.17, 15) is 9.59 Å². The van der Waals surface area contributed by atoms with E-state index in [0.29, 0.717) is 11.3 Å². The second-order valence-corrected chi connectivity index (χ2v) is 9.09. The lowest BCUT2D eigenvalue weighted by atomic mass is 9.91. The number of esters is 1. The zero-order chi connectivity index (χ0) is 22.7. The quantitative estimate of drug-likeness (QED) is 0.614. The standard InChI is InChI=1S/C24H31N3O3S/c1-7-16(5)25-20(28)12-18-13-31-24-26-17(6)21(23(29)30-14(2)3)22(27(18)24)19-11-9-8-10-15(19)4/h8-11,13-14,16,22H,7,12H2,1-6H3,(H,25,28). The smallest absolute Gasteiger partial charge is 0.338 e. The number of carbonyl (C=O) groups is 2. The fraction of sp³-hybridized carbons (Fsp3) is 0.458. The number of amides is 1. The Labute approximate surface area is 188 Å². The highest BCUT2D eigenvalue weighted by molar-refractivity contribution is 8.16. The third-order valence-corrected chi connectivity index (χ3v) is 6.30. The van der Waals surface area contributed by atoms with E-state index in [0.717, 1.165) is 28.4 Å². The molecule has 1 aromatic rings. The lowest BCUT2D eigenvalue weighted by Crippen LogP contribution is -2.39. The van der Waals surface area contributed by atoms with Gasteiger partial charge in [-0.2, -0.15) is 0 Å². The van der Waals surface area contributed by atoms with Gasteiger partial charge in [0.1, 0.15) is 0 Å². The van der Waals surface area contributed by atoms with Crippen molar-refractivity contribution in [3.8, 4) is 0 Å². The average molecular weight is 442 g/mol. The lowest BCUT2D eigenvalue weighted by Gasteiger charge is -2.37. The number of benzene rings is 1. The number of nitrogens with one attached hydrogen (secondary N) is 1. The molecule has 0 saturated heterocycles. The van der Waals surface area contributed by atoms with E-state index in [4.69, 9.17) is 9.73 Å². The van der Waals surface area contributed by atoms with Gasteiger partial charge in [-0.05, 0) is 57.6 Å². The van der Waals surface area contributed by atoms with Crippen LogP contribution in [0.4, 0.5) is 0 Å². The summed E-state index contributed by atoms with van der Waals surface area (Å²) in [6.45, 7) is 11.6. The number of ether oxygens (including phenoxy) is 1. The minimum Gasteiger partial charge on any atom is -0.459 e. The van der Waals surface area contributed by atoms with Crippen LogP contribution < -0.4 is 5.32 Å². The molecule has 1 aromatic carbocycles. The molecule has 0 aliphatic carbocycles. The van der Waals surface area contributed by atoms with Crippen LogP contribution in [0.1, 0.15) is 64.6 Å². The van der Waals surface area contributed by atoms with Crippen LogP contribution in [0.3, 0.4) is 0 Å². The molecular formula is C24H31N3O3S. The predicted octanol–water partition coefficient (Wildman–Crippen LogP) is 4.83. The highest BCUT2D eigenvalue weighted by atomic mass is 32.2. The van der Waals surface area contributed by atoms with Gasteiger partial charge in [0.15, 0.2) is 5.17 Å². The molecule has 0 aromatic heterocycles. The monoisotopic (exact) mass is 441 g/mol. The fourth-order valence-electron chi connectivity index (χ4n) is 3.69. The normalized spacial score (nSPS) is 19.1. The number of hydrogen-bond acceptors (Lipinski definition) is 6. The van der Waals surface area contributed by atoms with Crippen LogP contribution in [0.5, 0.6) is 0 Å². The van der Waals surface area contributed by atoms with E-state index >= 15 is 0 Å². The molecule has 3 rings (SSSR count). The first kappa shape index (κ1) is 23.1. The van der Waals surface area contributed by atoms with Crippen molar-refractivity contribution in [3.63, 3.8) is 0 Å². The Balaban J connectivity index is 2.02. The van der Waals surface area contributed by atoms with Gasteiger partial charge in [0.25, 0.3) is 0 Å². The number of carbonyl (C=O) groups excluding carboxylic acids is 2. The topological polar surface area (TPSA) is 71.0 Å². The number of thioether (sulfide) groups is 1.